The topological polar surface area (TPSA) is 0 Å². The van der Waals surface area contributed by atoms with Gasteiger partial charge in [0.15, 0.2) is 0 Å². The molecule has 0 N–H and O–H groups in total. The number of halogens is 6. The highest BCUT2D eigenvalue weighted by atomic mass is 19.4. The van der Waals surface area contributed by atoms with Gasteiger partial charge in [-0.15, -0.1) is 0 Å². The fraction of sp³-hybridized carbons (Fsp3) is 0.500. The molecule has 18 heavy (non-hydrogen) atoms. The van der Waals surface area contributed by atoms with Crippen molar-refractivity contribution in [2.75, 3.05) is 0 Å². The SMILES string of the molecule is FC(F)(F)C1C2=C3C=CC3C(C=C2)C1C(F)(F)F. The molecule has 0 amide bonds. The monoisotopic (exact) mass is 266 g/mol. The van der Waals surface area contributed by atoms with Gasteiger partial charge in [0.2, 0.25) is 0 Å². The molecule has 0 aromatic carbocycles. The molecule has 0 fully saturated rings. The fourth-order valence-electron chi connectivity index (χ4n) is 3.19. The van der Waals surface area contributed by atoms with E-state index in [-0.39, 0.29) is 5.57 Å². The average molecular weight is 266 g/mol. The van der Waals surface area contributed by atoms with E-state index in [4.69, 9.17) is 0 Å². The van der Waals surface area contributed by atoms with Gasteiger partial charge >= 0.3 is 12.4 Å². The molecule has 6 heteroatoms. The van der Waals surface area contributed by atoms with Crippen molar-refractivity contribution in [3.8, 4) is 0 Å². The van der Waals surface area contributed by atoms with Crippen molar-refractivity contribution in [3.05, 3.63) is 35.5 Å². The van der Waals surface area contributed by atoms with Crippen molar-refractivity contribution in [1.82, 2.24) is 0 Å². The molecule has 0 radical (unpaired) electrons. The minimum absolute atomic E-state index is 0.208. The third-order valence-corrected chi connectivity index (χ3v) is 3.93. The number of hydrogen-bond acceptors (Lipinski definition) is 0. The Bertz CT molecular complexity index is 476. The Kier molecular flexibility index (Phi) is 2.12. The molecule has 0 saturated carbocycles. The number of allylic oxidation sites excluding steroid dienone is 6. The summed E-state index contributed by atoms with van der Waals surface area (Å²) in [6.07, 6.45) is -4.18. The molecule has 4 rings (SSSR count). The van der Waals surface area contributed by atoms with Gasteiger partial charge in [0.1, 0.15) is 0 Å². The number of fused-ring (bicyclic) bond motifs is 1. The summed E-state index contributed by atoms with van der Waals surface area (Å²) in [6.45, 7) is 0. The van der Waals surface area contributed by atoms with Crippen LogP contribution in [-0.2, 0) is 0 Å². The van der Waals surface area contributed by atoms with E-state index in [9.17, 15) is 26.3 Å². The maximum absolute atomic E-state index is 12.9. The van der Waals surface area contributed by atoms with E-state index >= 15 is 0 Å². The summed E-state index contributed by atoms with van der Waals surface area (Å²) >= 11 is 0. The van der Waals surface area contributed by atoms with Crippen LogP contribution in [0.2, 0.25) is 0 Å². The smallest absolute Gasteiger partial charge is 0.171 e. The van der Waals surface area contributed by atoms with Gasteiger partial charge in [-0.1, -0.05) is 24.3 Å². The molecule has 4 aliphatic carbocycles. The highest BCUT2D eigenvalue weighted by Gasteiger charge is 2.64. The summed E-state index contributed by atoms with van der Waals surface area (Å²) in [4.78, 5) is 0. The van der Waals surface area contributed by atoms with Gasteiger partial charge in [-0.25, -0.2) is 0 Å². The van der Waals surface area contributed by atoms with E-state index in [0.717, 1.165) is 0 Å². The summed E-state index contributed by atoms with van der Waals surface area (Å²) in [5, 5.41) is 0. The zero-order valence-electron chi connectivity index (χ0n) is 8.89. The Labute approximate surface area is 98.7 Å². The van der Waals surface area contributed by atoms with E-state index < -0.39 is 36.0 Å². The Morgan fingerprint density at radius 3 is 1.83 bits per heavy atom. The van der Waals surface area contributed by atoms with E-state index in [0.29, 0.717) is 5.57 Å². The third-order valence-electron chi connectivity index (χ3n) is 3.93. The lowest BCUT2D eigenvalue weighted by molar-refractivity contribution is -0.258. The van der Waals surface area contributed by atoms with Crippen LogP contribution < -0.4 is 0 Å². The first kappa shape index (κ1) is 11.9. The average Bonchev–Trinajstić information content (AvgIpc) is 2.12. The number of alkyl halides is 6. The molecular weight excluding hydrogens is 258 g/mol. The Hall–Kier alpha value is -1.20. The Morgan fingerprint density at radius 1 is 0.778 bits per heavy atom. The van der Waals surface area contributed by atoms with Crippen molar-refractivity contribution in [2.24, 2.45) is 23.7 Å². The van der Waals surface area contributed by atoms with E-state index in [1.165, 1.54) is 18.2 Å². The summed E-state index contributed by atoms with van der Waals surface area (Å²) in [5.74, 6) is -6.37. The molecule has 98 valence electrons. The van der Waals surface area contributed by atoms with Crippen molar-refractivity contribution in [3.63, 3.8) is 0 Å². The first-order valence-corrected chi connectivity index (χ1v) is 5.45. The second-order valence-corrected chi connectivity index (χ2v) is 4.82. The fourth-order valence-corrected chi connectivity index (χ4v) is 3.19. The molecule has 0 spiro atoms. The highest BCUT2D eigenvalue weighted by molar-refractivity contribution is 5.53. The van der Waals surface area contributed by atoms with Crippen LogP contribution >= 0.6 is 0 Å². The van der Waals surface area contributed by atoms with Crippen LogP contribution in [0.1, 0.15) is 0 Å². The number of hydrogen-bond donors (Lipinski definition) is 0. The Morgan fingerprint density at radius 2 is 1.39 bits per heavy atom. The molecule has 0 aromatic rings. The van der Waals surface area contributed by atoms with Crippen LogP contribution in [0, 0.1) is 23.7 Å². The molecule has 0 heterocycles. The zero-order valence-corrected chi connectivity index (χ0v) is 8.89. The van der Waals surface area contributed by atoms with Crippen LogP contribution in [0.3, 0.4) is 0 Å². The molecular formula is C12H8F6. The van der Waals surface area contributed by atoms with Gasteiger partial charge in [0.25, 0.3) is 0 Å². The molecule has 0 saturated heterocycles. The predicted molar refractivity (Wildman–Crippen MR) is 51.4 cm³/mol. The maximum atomic E-state index is 12.9. The van der Waals surface area contributed by atoms with Gasteiger partial charge in [-0.05, 0) is 17.1 Å². The molecule has 0 aromatic heterocycles. The van der Waals surface area contributed by atoms with E-state index in [1.54, 1.807) is 6.08 Å². The van der Waals surface area contributed by atoms with E-state index in [1.807, 2.05) is 0 Å². The minimum Gasteiger partial charge on any atom is -0.171 e. The molecule has 0 aliphatic heterocycles. The largest absolute Gasteiger partial charge is 0.396 e. The van der Waals surface area contributed by atoms with E-state index in [2.05, 4.69) is 0 Å². The Balaban J connectivity index is 2.15. The third kappa shape index (κ3) is 1.40. The quantitative estimate of drug-likeness (QED) is 0.581. The predicted octanol–water partition coefficient (Wildman–Crippen LogP) is 4.03. The van der Waals surface area contributed by atoms with Gasteiger partial charge in [-0.2, -0.15) is 26.3 Å². The van der Waals surface area contributed by atoms with Crippen molar-refractivity contribution in [2.45, 2.75) is 12.4 Å². The van der Waals surface area contributed by atoms with Crippen LogP contribution in [0.5, 0.6) is 0 Å². The lowest BCUT2D eigenvalue weighted by Gasteiger charge is -2.49. The first-order valence-electron chi connectivity index (χ1n) is 5.45. The standard InChI is InChI=1S/C12H8F6/c13-11(14,15)9-7-3-4-8(6-2-1-5(6)7)10(9)12(16,17)18/h1-5,7,9-10H. The van der Waals surface area contributed by atoms with Crippen LogP contribution in [0.4, 0.5) is 26.3 Å². The molecule has 4 unspecified atom stereocenters. The second-order valence-electron chi connectivity index (χ2n) is 4.82. The number of rotatable bonds is 0. The van der Waals surface area contributed by atoms with Gasteiger partial charge in [-0.3, -0.25) is 0 Å². The lowest BCUT2D eigenvalue weighted by Crippen LogP contribution is -2.51. The normalized spacial score (nSPS) is 37.9. The van der Waals surface area contributed by atoms with Crippen molar-refractivity contribution in [1.29, 1.82) is 0 Å². The van der Waals surface area contributed by atoms with Gasteiger partial charge in [0, 0.05) is 5.92 Å². The van der Waals surface area contributed by atoms with Crippen LogP contribution in [0.25, 0.3) is 0 Å². The summed E-state index contributed by atoms with van der Waals surface area (Å²) < 4.78 is 77.5. The first-order chi connectivity index (χ1) is 8.21. The molecule has 4 atom stereocenters. The van der Waals surface area contributed by atoms with Crippen LogP contribution in [0.15, 0.2) is 35.5 Å². The second kappa shape index (κ2) is 3.22. The summed E-state index contributed by atoms with van der Waals surface area (Å²) in [7, 11) is 0. The van der Waals surface area contributed by atoms with Crippen molar-refractivity contribution < 1.29 is 26.3 Å². The maximum Gasteiger partial charge on any atom is 0.396 e. The highest BCUT2D eigenvalue weighted by Crippen LogP contribution is 2.60. The van der Waals surface area contributed by atoms with Gasteiger partial charge < -0.3 is 0 Å². The van der Waals surface area contributed by atoms with Crippen molar-refractivity contribution >= 4 is 0 Å². The summed E-state index contributed by atoms with van der Waals surface area (Å²) in [6, 6.07) is 0. The lowest BCUT2D eigenvalue weighted by atomic mass is 9.56. The minimum atomic E-state index is -4.86. The molecule has 2 bridgehead atoms. The van der Waals surface area contributed by atoms with Crippen LogP contribution in [-0.4, -0.2) is 12.4 Å². The zero-order chi connectivity index (χ0) is 13.3. The summed E-state index contributed by atoms with van der Waals surface area (Å²) in [5.41, 5.74) is 0.213. The van der Waals surface area contributed by atoms with Gasteiger partial charge in [0.05, 0.1) is 11.8 Å². The molecule has 4 aliphatic rings. The molecule has 0 nitrogen and oxygen atoms in total.